The minimum Gasteiger partial charge on any atom is -0.342 e. The molecule has 98 valence electrons. The molecule has 17 heavy (non-hydrogen) atoms. The molecule has 2 aliphatic rings. The van der Waals surface area contributed by atoms with Gasteiger partial charge < -0.3 is 10.2 Å². The molecule has 0 spiro atoms. The van der Waals surface area contributed by atoms with E-state index in [1.165, 1.54) is 38.5 Å². The molecular weight excluding hydrogens is 232 g/mol. The molecule has 0 aromatic carbocycles. The molecule has 2 rings (SSSR count). The quantitative estimate of drug-likeness (QED) is 0.706. The van der Waals surface area contributed by atoms with Crippen molar-refractivity contribution >= 4 is 17.7 Å². The number of nitrogens with one attached hydrogen (secondary N) is 1. The highest BCUT2D eigenvalue weighted by Crippen LogP contribution is 2.18. The summed E-state index contributed by atoms with van der Waals surface area (Å²) < 4.78 is 0. The fraction of sp³-hybridized carbons (Fsp3) is 0.923. The minimum absolute atomic E-state index is 0.352. The van der Waals surface area contributed by atoms with E-state index in [2.05, 4.69) is 5.32 Å². The van der Waals surface area contributed by atoms with E-state index in [0.29, 0.717) is 11.7 Å². The predicted molar refractivity (Wildman–Crippen MR) is 73.4 cm³/mol. The maximum absolute atomic E-state index is 11.8. The molecule has 0 atom stereocenters. The van der Waals surface area contributed by atoms with E-state index >= 15 is 0 Å². The summed E-state index contributed by atoms with van der Waals surface area (Å²) in [4.78, 5) is 13.9. The summed E-state index contributed by atoms with van der Waals surface area (Å²) in [7, 11) is 0. The molecule has 1 N–H and O–H groups in total. The second-order valence-corrected chi connectivity index (χ2v) is 6.18. The molecule has 1 saturated heterocycles. The third kappa shape index (κ3) is 5.30. The van der Waals surface area contributed by atoms with Crippen LogP contribution in [0.2, 0.25) is 0 Å². The van der Waals surface area contributed by atoms with Gasteiger partial charge >= 0.3 is 0 Å². The first-order chi connectivity index (χ1) is 8.36. The summed E-state index contributed by atoms with van der Waals surface area (Å²) >= 11 is 1.80. The van der Waals surface area contributed by atoms with Crippen LogP contribution in [0.4, 0.5) is 0 Å². The Morgan fingerprint density at radius 1 is 1.24 bits per heavy atom. The van der Waals surface area contributed by atoms with Gasteiger partial charge in [0.15, 0.2) is 0 Å². The Morgan fingerprint density at radius 2 is 2.00 bits per heavy atom. The number of likely N-dealkylation sites (tertiary alicyclic amines) is 1. The number of carbonyl (C=O) groups is 1. The van der Waals surface area contributed by atoms with Gasteiger partial charge in [0.05, 0.1) is 5.75 Å². The lowest BCUT2D eigenvalue weighted by molar-refractivity contribution is -0.129. The number of amides is 1. The summed E-state index contributed by atoms with van der Waals surface area (Å²) in [6.45, 7) is 3.10. The lowest BCUT2D eigenvalue weighted by Crippen LogP contribution is -2.36. The molecule has 0 bridgehead atoms. The van der Waals surface area contributed by atoms with Crippen LogP contribution in [-0.2, 0) is 4.79 Å². The minimum atomic E-state index is 0.352. The second kappa shape index (κ2) is 7.27. The molecule has 1 heterocycles. The Labute approximate surface area is 109 Å². The third-order valence-electron chi connectivity index (χ3n) is 3.41. The van der Waals surface area contributed by atoms with Crippen LogP contribution in [0.15, 0.2) is 0 Å². The smallest absolute Gasteiger partial charge is 0.232 e. The SMILES string of the molecule is O=C(CSCCCNC1CC1)N1CCCCC1. The number of hydrogen-bond donors (Lipinski definition) is 1. The first-order valence-electron chi connectivity index (χ1n) is 6.95. The zero-order valence-electron chi connectivity index (χ0n) is 10.6. The van der Waals surface area contributed by atoms with Gasteiger partial charge in [0.2, 0.25) is 5.91 Å². The Bertz CT molecular complexity index is 238. The van der Waals surface area contributed by atoms with Crippen molar-refractivity contribution in [2.24, 2.45) is 0 Å². The van der Waals surface area contributed by atoms with E-state index in [4.69, 9.17) is 0 Å². The highest BCUT2D eigenvalue weighted by molar-refractivity contribution is 7.99. The van der Waals surface area contributed by atoms with Gasteiger partial charge in [-0.15, -0.1) is 0 Å². The van der Waals surface area contributed by atoms with Gasteiger partial charge in [0, 0.05) is 19.1 Å². The van der Waals surface area contributed by atoms with Gasteiger partial charge in [-0.05, 0) is 50.8 Å². The van der Waals surface area contributed by atoms with Gasteiger partial charge in [0.25, 0.3) is 0 Å². The van der Waals surface area contributed by atoms with E-state index in [0.717, 1.165) is 31.4 Å². The first kappa shape index (κ1) is 13.2. The van der Waals surface area contributed by atoms with Gasteiger partial charge in [-0.2, -0.15) is 11.8 Å². The van der Waals surface area contributed by atoms with Gasteiger partial charge in [0.1, 0.15) is 0 Å². The number of carbonyl (C=O) groups excluding carboxylic acids is 1. The molecule has 1 aliphatic carbocycles. The van der Waals surface area contributed by atoms with Crippen molar-refractivity contribution in [1.29, 1.82) is 0 Å². The zero-order chi connectivity index (χ0) is 11.9. The lowest BCUT2D eigenvalue weighted by atomic mass is 10.1. The summed E-state index contributed by atoms with van der Waals surface area (Å²) in [5, 5.41) is 3.50. The van der Waals surface area contributed by atoms with E-state index in [9.17, 15) is 4.79 Å². The van der Waals surface area contributed by atoms with Crippen molar-refractivity contribution in [3.05, 3.63) is 0 Å². The summed E-state index contributed by atoms with van der Waals surface area (Å²) in [6, 6.07) is 0.815. The van der Waals surface area contributed by atoms with Crippen LogP contribution in [0, 0.1) is 0 Å². The summed E-state index contributed by atoms with van der Waals surface area (Å²) in [5.41, 5.74) is 0. The fourth-order valence-corrected chi connectivity index (χ4v) is 3.01. The Balaban J connectivity index is 1.44. The predicted octanol–water partition coefficient (Wildman–Crippen LogP) is 1.87. The maximum atomic E-state index is 11.8. The van der Waals surface area contributed by atoms with Crippen molar-refractivity contribution in [3.8, 4) is 0 Å². The Morgan fingerprint density at radius 3 is 2.71 bits per heavy atom. The molecule has 0 unspecified atom stereocenters. The van der Waals surface area contributed by atoms with Crippen LogP contribution in [0.3, 0.4) is 0 Å². The average molecular weight is 256 g/mol. The Kier molecular flexibility index (Phi) is 5.65. The van der Waals surface area contributed by atoms with Gasteiger partial charge in [-0.1, -0.05) is 0 Å². The standard InChI is InChI=1S/C13H24N2OS/c16-13(15-8-2-1-3-9-15)11-17-10-4-7-14-12-5-6-12/h12,14H,1-11H2. The molecule has 0 aromatic rings. The van der Waals surface area contributed by atoms with Crippen molar-refractivity contribution in [1.82, 2.24) is 10.2 Å². The van der Waals surface area contributed by atoms with Crippen molar-refractivity contribution in [3.63, 3.8) is 0 Å². The average Bonchev–Trinajstić information content (AvgIpc) is 3.18. The van der Waals surface area contributed by atoms with Crippen LogP contribution in [0.5, 0.6) is 0 Å². The third-order valence-corrected chi connectivity index (χ3v) is 4.44. The molecule has 4 heteroatoms. The van der Waals surface area contributed by atoms with Gasteiger partial charge in [-0.25, -0.2) is 0 Å². The number of thioether (sulfide) groups is 1. The highest BCUT2D eigenvalue weighted by atomic mass is 32.2. The first-order valence-corrected chi connectivity index (χ1v) is 8.10. The summed E-state index contributed by atoms with van der Waals surface area (Å²) in [5.74, 6) is 2.15. The number of rotatable bonds is 7. The lowest BCUT2D eigenvalue weighted by Gasteiger charge is -2.26. The highest BCUT2D eigenvalue weighted by Gasteiger charge is 2.19. The topological polar surface area (TPSA) is 32.3 Å². The van der Waals surface area contributed by atoms with Crippen LogP contribution in [0.1, 0.15) is 38.5 Å². The fourth-order valence-electron chi connectivity index (χ4n) is 2.16. The molecule has 0 radical (unpaired) electrons. The van der Waals surface area contributed by atoms with E-state index in [-0.39, 0.29) is 0 Å². The molecule has 0 aromatic heterocycles. The number of piperidine rings is 1. The van der Waals surface area contributed by atoms with Crippen LogP contribution < -0.4 is 5.32 Å². The van der Waals surface area contributed by atoms with Crippen LogP contribution in [-0.4, -0.2) is 48.0 Å². The molecule has 1 saturated carbocycles. The van der Waals surface area contributed by atoms with E-state index in [1.807, 2.05) is 4.90 Å². The van der Waals surface area contributed by atoms with Gasteiger partial charge in [-0.3, -0.25) is 4.79 Å². The normalized spacial score (nSPS) is 20.6. The van der Waals surface area contributed by atoms with Crippen LogP contribution >= 0.6 is 11.8 Å². The monoisotopic (exact) mass is 256 g/mol. The van der Waals surface area contributed by atoms with Crippen molar-refractivity contribution in [2.45, 2.75) is 44.6 Å². The molecule has 3 nitrogen and oxygen atoms in total. The summed E-state index contributed by atoms with van der Waals surface area (Å²) in [6.07, 6.45) is 7.60. The maximum Gasteiger partial charge on any atom is 0.232 e. The van der Waals surface area contributed by atoms with Crippen molar-refractivity contribution in [2.75, 3.05) is 31.1 Å². The van der Waals surface area contributed by atoms with E-state index < -0.39 is 0 Å². The largest absolute Gasteiger partial charge is 0.342 e. The van der Waals surface area contributed by atoms with Crippen molar-refractivity contribution < 1.29 is 4.79 Å². The van der Waals surface area contributed by atoms with Crippen LogP contribution in [0.25, 0.3) is 0 Å². The number of nitrogens with zero attached hydrogens (tertiary/aromatic N) is 1. The zero-order valence-corrected chi connectivity index (χ0v) is 11.4. The Hall–Kier alpha value is -0.220. The molecule has 1 amide bonds. The molecular formula is C13H24N2OS. The molecule has 2 fully saturated rings. The number of hydrogen-bond acceptors (Lipinski definition) is 3. The second-order valence-electron chi connectivity index (χ2n) is 5.08. The molecule has 1 aliphatic heterocycles. The van der Waals surface area contributed by atoms with E-state index in [1.54, 1.807) is 11.8 Å².